The first-order valence-electron chi connectivity index (χ1n) is 7.77. The molecule has 3 aromatic rings. The van der Waals surface area contributed by atoms with E-state index in [0.29, 0.717) is 23.0 Å². The molecule has 0 saturated heterocycles. The van der Waals surface area contributed by atoms with Crippen molar-refractivity contribution in [3.05, 3.63) is 42.0 Å². The van der Waals surface area contributed by atoms with E-state index in [1.54, 1.807) is 36.3 Å². The molecule has 1 amide bonds. The number of aromatic nitrogens is 5. The SMILES string of the molecule is COC(=O)Nc1cc(-c2cncc(OC)c2)nc(-n2nc(C)cc2C)n1. The summed E-state index contributed by atoms with van der Waals surface area (Å²) in [5.41, 5.74) is 2.97. The zero-order chi connectivity index (χ0) is 18.7. The Kier molecular flexibility index (Phi) is 4.78. The van der Waals surface area contributed by atoms with Crippen molar-refractivity contribution in [2.75, 3.05) is 19.5 Å². The van der Waals surface area contributed by atoms with Crippen LogP contribution in [0.2, 0.25) is 0 Å². The fraction of sp³-hybridized carbons (Fsp3) is 0.235. The molecule has 26 heavy (non-hydrogen) atoms. The van der Waals surface area contributed by atoms with Crippen LogP contribution in [0.1, 0.15) is 11.4 Å². The van der Waals surface area contributed by atoms with Gasteiger partial charge in [0.2, 0.25) is 0 Å². The van der Waals surface area contributed by atoms with Crippen LogP contribution in [0, 0.1) is 13.8 Å². The summed E-state index contributed by atoms with van der Waals surface area (Å²) in [7, 11) is 2.84. The van der Waals surface area contributed by atoms with Gasteiger partial charge in [0.1, 0.15) is 11.6 Å². The summed E-state index contributed by atoms with van der Waals surface area (Å²) < 4.78 is 11.5. The van der Waals surface area contributed by atoms with E-state index in [9.17, 15) is 4.79 Å². The van der Waals surface area contributed by atoms with Gasteiger partial charge in [0, 0.05) is 23.5 Å². The number of carbonyl (C=O) groups excluding carboxylic acids is 1. The molecule has 0 aliphatic heterocycles. The Morgan fingerprint density at radius 2 is 1.92 bits per heavy atom. The van der Waals surface area contributed by atoms with Gasteiger partial charge in [0.15, 0.2) is 0 Å². The molecular weight excluding hydrogens is 336 g/mol. The summed E-state index contributed by atoms with van der Waals surface area (Å²) in [5.74, 6) is 1.20. The highest BCUT2D eigenvalue weighted by Gasteiger charge is 2.14. The number of rotatable bonds is 4. The van der Waals surface area contributed by atoms with E-state index in [4.69, 9.17) is 4.74 Å². The summed E-state index contributed by atoms with van der Waals surface area (Å²) in [6, 6.07) is 5.33. The third-order valence-corrected chi connectivity index (χ3v) is 3.57. The number of aryl methyl sites for hydroxylation is 2. The quantitative estimate of drug-likeness (QED) is 0.767. The number of anilines is 1. The summed E-state index contributed by atoms with van der Waals surface area (Å²) >= 11 is 0. The van der Waals surface area contributed by atoms with Crippen molar-refractivity contribution in [2.24, 2.45) is 0 Å². The maximum Gasteiger partial charge on any atom is 0.412 e. The maximum atomic E-state index is 11.6. The molecule has 0 fully saturated rings. The van der Waals surface area contributed by atoms with E-state index in [0.717, 1.165) is 11.4 Å². The van der Waals surface area contributed by atoms with Crippen LogP contribution in [-0.4, -0.2) is 45.0 Å². The molecule has 0 atom stereocenters. The Bertz CT molecular complexity index is 953. The van der Waals surface area contributed by atoms with Crippen LogP contribution in [-0.2, 0) is 4.74 Å². The van der Waals surface area contributed by atoms with E-state index < -0.39 is 6.09 Å². The molecule has 0 aliphatic carbocycles. The van der Waals surface area contributed by atoms with E-state index in [1.165, 1.54) is 7.11 Å². The standard InChI is InChI=1S/C17H18N6O3/c1-10-5-11(2)23(22-10)16-19-14(7-15(20-16)21-17(24)26-4)12-6-13(25-3)9-18-8-12/h5-9H,1-4H3,(H,19,20,21,24). The van der Waals surface area contributed by atoms with Crippen LogP contribution in [0.25, 0.3) is 17.2 Å². The number of hydrogen-bond acceptors (Lipinski definition) is 7. The van der Waals surface area contributed by atoms with Gasteiger partial charge >= 0.3 is 6.09 Å². The maximum absolute atomic E-state index is 11.6. The Morgan fingerprint density at radius 3 is 2.58 bits per heavy atom. The van der Waals surface area contributed by atoms with Crippen molar-refractivity contribution < 1.29 is 14.3 Å². The lowest BCUT2D eigenvalue weighted by atomic mass is 10.2. The second-order valence-electron chi connectivity index (χ2n) is 5.51. The highest BCUT2D eigenvalue weighted by molar-refractivity contribution is 5.84. The molecule has 1 N–H and O–H groups in total. The van der Waals surface area contributed by atoms with Gasteiger partial charge in [-0.15, -0.1) is 0 Å². The highest BCUT2D eigenvalue weighted by atomic mass is 16.5. The van der Waals surface area contributed by atoms with Crippen molar-refractivity contribution in [2.45, 2.75) is 13.8 Å². The first-order chi connectivity index (χ1) is 12.5. The van der Waals surface area contributed by atoms with Crippen LogP contribution in [0.4, 0.5) is 10.6 Å². The Hall–Kier alpha value is -3.49. The molecule has 3 rings (SSSR count). The number of nitrogens with one attached hydrogen (secondary N) is 1. The molecule has 0 bridgehead atoms. The normalized spacial score (nSPS) is 10.5. The predicted molar refractivity (Wildman–Crippen MR) is 94.4 cm³/mol. The number of hydrogen-bond donors (Lipinski definition) is 1. The van der Waals surface area contributed by atoms with Crippen molar-refractivity contribution in [3.8, 4) is 23.0 Å². The lowest BCUT2D eigenvalue weighted by Gasteiger charge is -2.10. The molecule has 9 nitrogen and oxygen atoms in total. The van der Waals surface area contributed by atoms with Gasteiger partial charge in [-0.2, -0.15) is 10.1 Å². The average Bonchev–Trinajstić information content (AvgIpc) is 2.99. The van der Waals surface area contributed by atoms with Gasteiger partial charge in [-0.1, -0.05) is 0 Å². The molecule has 0 aliphatic rings. The molecule has 0 radical (unpaired) electrons. The summed E-state index contributed by atoms with van der Waals surface area (Å²) in [6.45, 7) is 3.78. The predicted octanol–water partition coefficient (Wildman–Crippen LogP) is 2.53. The first-order valence-corrected chi connectivity index (χ1v) is 7.77. The summed E-state index contributed by atoms with van der Waals surface area (Å²) in [5, 5.41) is 6.96. The third-order valence-electron chi connectivity index (χ3n) is 3.57. The second kappa shape index (κ2) is 7.18. The number of nitrogens with zero attached hydrogens (tertiary/aromatic N) is 5. The zero-order valence-corrected chi connectivity index (χ0v) is 14.8. The monoisotopic (exact) mass is 354 g/mol. The van der Waals surface area contributed by atoms with E-state index in [2.05, 4.69) is 30.1 Å². The van der Waals surface area contributed by atoms with Crippen molar-refractivity contribution in [3.63, 3.8) is 0 Å². The summed E-state index contributed by atoms with van der Waals surface area (Å²) in [6.07, 6.45) is 2.62. The minimum atomic E-state index is -0.627. The smallest absolute Gasteiger partial charge is 0.412 e. The minimum absolute atomic E-state index is 0.284. The Labute approximate surface area is 150 Å². The minimum Gasteiger partial charge on any atom is -0.495 e. The molecule has 9 heteroatoms. The molecule has 0 unspecified atom stereocenters. The molecule has 134 valence electrons. The number of amides is 1. The van der Waals surface area contributed by atoms with E-state index >= 15 is 0 Å². The van der Waals surface area contributed by atoms with E-state index in [1.807, 2.05) is 19.9 Å². The number of pyridine rings is 1. The number of carbonyl (C=O) groups is 1. The van der Waals surface area contributed by atoms with Crippen LogP contribution in [0.15, 0.2) is 30.6 Å². The highest BCUT2D eigenvalue weighted by Crippen LogP contribution is 2.24. The Balaban J connectivity index is 2.13. The van der Waals surface area contributed by atoms with Gasteiger partial charge in [-0.05, 0) is 26.0 Å². The van der Waals surface area contributed by atoms with Crippen molar-refractivity contribution in [1.82, 2.24) is 24.7 Å². The van der Waals surface area contributed by atoms with Crippen LogP contribution in [0.3, 0.4) is 0 Å². The van der Waals surface area contributed by atoms with E-state index in [-0.39, 0.29) is 5.82 Å². The van der Waals surface area contributed by atoms with Gasteiger partial charge in [0.25, 0.3) is 5.95 Å². The second-order valence-corrected chi connectivity index (χ2v) is 5.51. The molecule has 0 aromatic carbocycles. The van der Waals surface area contributed by atoms with Crippen LogP contribution in [0.5, 0.6) is 5.75 Å². The van der Waals surface area contributed by atoms with Gasteiger partial charge in [0.05, 0.1) is 31.8 Å². The fourth-order valence-electron chi connectivity index (χ4n) is 2.40. The molecule has 0 saturated carbocycles. The Morgan fingerprint density at radius 1 is 1.12 bits per heavy atom. The van der Waals surface area contributed by atoms with Gasteiger partial charge < -0.3 is 9.47 Å². The van der Waals surface area contributed by atoms with Crippen LogP contribution < -0.4 is 10.1 Å². The number of methoxy groups -OCH3 is 2. The molecule has 0 spiro atoms. The topological polar surface area (TPSA) is 104 Å². The van der Waals surface area contributed by atoms with Gasteiger partial charge in [-0.25, -0.2) is 14.5 Å². The van der Waals surface area contributed by atoms with Gasteiger partial charge in [-0.3, -0.25) is 10.3 Å². The number of ether oxygens (including phenoxy) is 2. The zero-order valence-electron chi connectivity index (χ0n) is 14.8. The van der Waals surface area contributed by atoms with Crippen molar-refractivity contribution >= 4 is 11.9 Å². The summed E-state index contributed by atoms with van der Waals surface area (Å²) in [4.78, 5) is 24.7. The first kappa shape index (κ1) is 17.3. The lowest BCUT2D eigenvalue weighted by Crippen LogP contribution is -2.15. The third kappa shape index (κ3) is 3.61. The van der Waals surface area contributed by atoms with Crippen LogP contribution >= 0.6 is 0 Å². The van der Waals surface area contributed by atoms with Crippen molar-refractivity contribution in [1.29, 1.82) is 0 Å². The molecule has 3 aromatic heterocycles. The molecular formula is C17H18N6O3. The average molecular weight is 354 g/mol. The largest absolute Gasteiger partial charge is 0.495 e. The fourth-order valence-corrected chi connectivity index (χ4v) is 2.40. The lowest BCUT2D eigenvalue weighted by molar-refractivity contribution is 0.187. The molecule has 3 heterocycles.